The minimum Gasteiger partial charge on any atom is -0.462 e. The van der Waals surface area contributed by atoms with Gasteiger partial charge >= 0.3 is 5.97 Å². The maximum absolute atomic E-state index is 12.6. The van der Waals surface area contributed by atoms with Crippen LogP contribution < -0.4 is 5.73 Å². The van der Waals surface area contributed by atoms with Gasteiger partial charge in [-0.05, 0) is 18.6 Å². The van der Waals surface area contributed by atoms with Crippen molar-refractivity contribution in [2.24, 2.45) is 0 Å². The predicted molar refractivity (Wildman–Crippen MR) is 96.5 cm³/mol. The Labute approximate surface area is 145 Å². The molecule has 0 atom stereocenters. The fourth-order valence-electron chi connectivity index (χ4n) is 2.71. The van der Waals surface area contributed by atoms with Crippen LogP contribution in [0, 0.1) is 0 Å². The van der Waals surface area contributed by atoms with Gasteiger partial charge in [0.1, 0.15) is 16.9 Å². The highest BCUT2D eigenvalue weighted by molar-refractivity contribution is 6.08. The van der Waals surface area contributed by atoms with E-state index in [1.165, 1.54) is 0 Å². The third-order valence-electron chi connectivity index (χ3n) is 4.05. The summed E-state index contributed by atoms with van der Waals surface area (Å²) in [4.78, 5) is 21.8. The topological polar surface area (TPSA) is 92.3 Å². The van der Waals surface area contributed by atoms with Crippen molar-refractivity contribution in [3.8, 4) is 0 Å². The number of anilines is 1. The molecule has 0 spiro atoms. The molecule has 0 radical (unpaired) electrons. The minimum atomic E-state index is -0.461. The third-order valence-corrected chi connectivity index (χ3v) is 4.05. The van der Waals surface area contributed by atoms with Gasteiger partial charge in [-0.1, -0.05) is 25.5 Å². The fourth-order valence-corrected chi connectivity index (χ4v) is 2.71. The lowest BCUT2D eigenvalue weighted by molar-refractivity contribution is 0.0503. The second kappa shape index (κ2) is 7.48. The van der Waals surface area contributed by atoms with Gasteiger partial charge in [0.2, 0.25) is 0 Å². The zero-order chi connectivity index (χ0) is 17.8. The van der Waals surface area contributed by atoms with E-state index >= 15 is 0 Å². The number of hydrogen-bond acceptors (Lipinski definition) is 6. The molecule has 0 aliphatic heterocycles. The number of ether oxygens (including phenoxy) is 2. The molecule has 3 rings (SSSR count). The largest absolute Gasteiger partial charge is 0.462 e. The van der Waals surface area contributed by atoms with Gasteiger partial charge in [-0.15, -0.1) is 0 Å². The lowest BCUT2D eigenvalue weighted by Gasteiger charge is -2.07. The van der Waals surface area contributed by atoms with Crippen molar-refractivity contribution in [1.82, 2.24) is 14.5 Å². The Balaban J connectivity index is 2.15. The molecule has 0 unspecified atom stereocenters. The summed E-state index contributed by atoms with van der Waals surface area (Å²) in [7, 11) is 1.61. The zero-order valence-corrected chi connectivity index (χ0v) is 14.5. The standard InChI is InChI=1S/C18H22N4O3/c1-3-4-10-25-18(23)14-15-17(22(16(14)19)9-11-24-2)21-13-8-6-5-7-12(13)20-15/h5-8H,3-4,9-11,19H2,1-2H3. The molecule has 1 aromatic carbocycles. The highest BCUT2D eigenvalue weighted by atomic mass is 16.5. The van der Waals surface area contributed by atoms with Crippen molar-refractivity contribution >= 4 is 34.0 Å². The summed E-state index contributed by atoms with van der Waals surface area (Å²) in [6.45, 7) is 3.33. The molecule has 0 saturated heterocycles. The number of benzene rings is 1. The Morgan fingerprint density at radius 1 is 1.20 bits per heavy atom. The van der Waals surface area contributed by atoms with Crippen molar-refractivity contribution in [3.05, 3.63) is 29.8 Å². The maximum atomic E-state index is 12.6. The van der Waals surface area contributed by atoms with Crippen LogP contribution in [0.2, 0.25) is 0 Å². The molecule has 2 heterocycles. The van der Waals surface area contributed by atoms with Gasteiger partial charge in [-0.3, -0.25) is 0 Å². The number of hydrogen-bond donors (Lipinski definition) is 1. The van der Waals surface area contributed by atoms with Crippen LogP contribution in [0.4, 0.5) is 5.82 Å². The van der Waals surface area contributed by atoms with Crippen molar-refractivity contribution in [3.63, 3.8) is 0 Å². The van der Waals surface area contributed by atoms with Gasteiger partial charge in [0.05, 0.1) is 24.2 Å². The SMILES string of the molecule is CCCCOC(=O)c1c(N)n(CCOC)c2nc3ccccc3nc12. The summed E-state index contributed by atoms with van der Waals surface area (Å²) in [5.74, 6) is -0.152. The molecule has 0 fully saturated rings. The summed E-state index contributed by atoms with van der Waals surface area (Å²) in [6, 6.07) is 7.52. The van der Waals surface area contributed by atoms with E-state index in [1.807, 2.05) is 31.2 Å². The first-order valence-corrected chi connectivity index (χ1v) is 8.37. The number of para-hydroxylation sites is 2. The number of aromatic nitrogens is 3. The second-order valence-electron chi connectivity index (χ2n) is 5.78. The van der Waals surface area contributed by atoms with Crippen LogP contribution in [0.15, 0.2) is 24.3 Å². The number of esters is 1. The van der Waals surface area contributed by atoms with E-state index in [4.69, 9.17) is 15.2 Å². The Morgan fingerprint density at radius 3 is 2.60 bits per heavy atom. The average molecular weight is 342 g/mol. The van der Waals surface area contributed by atoms with Gasteiger partial charge in [0.25, 0.3) is 0 Å². The first kappa shape index (κ1) is 17.2. The van der Waals surface area contributed by atoms with E-state index in [0.29, 0.717) is 42.3 Å². The van der Waals surface area contributed by atoms with Crippen LogP contribution in [0.1, 0.15) is 30.1 Å². The first-order valence-electron chi connectivity index (χ1n) is 8.37. The molecule has 0 saturated carbocycles. The van der Waals surface area contributed by atoms with Crippen molar-refractivity contribution < 1.29 is 14.3 Å². The Kier molecular flexibility index (Phi) is 5.14. The smallest absolute Gasteiger partial charge is 0.344 e. The number of nitrogen functional groups attached to an aromatic ring is 1. The van der Waals surface area contributed by atoms with E-state index < -0.39 is 5.97 Å². The van der Waals surface area contributed by atoms with E-state index in [0.717, 1.165) is 18.4 Å². The minimum absolute atomic E-state index is 0.278. The number of carbonyl (C=O) groups excluding carboxylic acids is 1. The summed E-state index contributed by atoms with van der Waals surface area (Å²) in [5, 5.41) is 0. The molecule has 132 valence electrons. The monoisotopic (exact) mass is 342 g/mol. The number of carbonyl (C=O) groups is 1. The van der Waals surface area contributed by atoms with Crippen LogP contribution >= 0.6 is 0 Å². The summed E-state index contributed by atoms with van der Waals surface area (Å²) < 4.78 is 12.3. The van der Waals surface area contributed by atoms with Gasteiger partial charge in [-0.2, -0.15) is 0 Å². The molecule has 25 heavy (non-hydrogen) atoms. The molecule has 0 bridgehead atoms. The summed E-state index contributed by atoms with van der Waals surface area (Å²) >= 11 is 0. The van der Waals surface area contributed by atoms with Gasteiger partial charge in [0, 0.05) is 13.7 Å². The predicted octanol–water partition coefficient (Wildman–Crippen LogP) is 2.77. The van der Waals surface area contributed by atoms with Crippen molar-refractivity contribution in [2.75, 3.05) is 26.1 Å². The zero-order valence-electron chi connectivity index (χ0n) is 14.5. The normalized spacial score (nSPS) is 11.3. The van der Waals surface area contributed by atoms with Crippen LogP contribution in [-0.2, 0) is 16.0 Å². The highest BCUT2D eigenvalue weighted by Crippen LogP contribution is 2.28. The Bertz CT molecular complexity index is 904. The first-order chi connectivity index (χ1) is 12.2. The summed E-state index contributed by atoms with van der Waals surface area (Å²) in [5.41, 5.74) is 9.02. The van der Waals surface area contributed by atoms with E-state index in [1.54, 1.807) is 11.7 Å². The summed E-state index contributed by atoms with van der Waals surface area (Å²) in [6.07, 6.45) is 1.76. The molecule has 0 aliphatic carbocycles. The lowest BCUT2D eigenvalue weighted by atomic mass is 10.2. The van der Waals surface area contributed by atoms with Crippen LogP contribution in [0.3, 0.4) is 0 Å². The van der Waals surface area contributed by atoms with Crippen molar-refractivity contribution in [1.29, 1.82) is 0 Å². The molecule has 0 aliphatic rings. The number of rotatable bonds is 7. The number of unbranched alkanes of at least 4 members (excludes halogenated alkanes) is 1. The van der Waals surface area contributed by atoms with E-state index in [9.17, 15) is 4.79 Å². The fraction of sp³-hybridized carbons (Fsp3) is 0.389. The molecule has 7 heteroatoms. The van der Waals surface area contributed by atoms with Gasteiger partial charge in [0.15, 0.2) is 5.65 Å². The average Bonchev–Trinajstić information content (AvgIpc) is 2.88. The molecule has 2 N–H and O–H groups in total. The maximum Gasteiger partial charge on any atom is 0.344 e. The van der Waals surface area contributed by atoms with Crippen LogP contribution in [-0.4, -0.2) is 40.8 Å². The van der Waals surface area contributed by atoms with Gasteiger partial charge < -0.3 is 19.8 Å². The molecule has 0 amide bonds. The van der Waals surface area contributed by atoms with Gasteiger partial charge in [-0.25, -0.2) is 14.8 Å². The number of nitrogens with two attached hydrogens (primary N) is 1. The molecule has 7 nitrogen and oxygen atoms in total. The Morgan fingerprint density at radius 2 is 1.92 bits per heavy atom. The Hall–Kier alpha value is -2.67. The molecular weight excluding hydrogens is 320 g/mol. The van der Waals surface area contributed by atoms with E-state index in [2.05, 4.69) is 9.97 Å². The quantitative estimate of drug-likeness (QED) is 0.524. The highest BCUT2D eigenvalue weighted by Gasteiger charge is 2.24. The third kappa shape index (κ3) is 3.28. The molecular formula is C18H22N4O3. The number of nitrogens with zero attached hydrogens (tertiary/aromatic N) is 3. The molecule has 3 aromatic rings. The van der Waals surface area contributed by atoms with Crippen molar-refractivity contribution in [2.45, 2.75) is 26.3 Å². The lowest BCUT2D eigenvalue weighted by Crippen LogP contribution is -2.12. The molecule has 2 aromatic heterocycles. The number of fused-ring (bicyclic) bond motifs is 2. The van der Waals surface area contributed by atoms with E-state index in [-0.39, 0.29) is 5.56 Å². The van der Waals surface area contributed by atoms with Crippen LogP contribution in [0.25, 0.3) is 22.2 Å². The second-order valence-corrected chi connectivity index (χ2v) is 5.78. The van der Waals surface area contributed by atoms with Crippen LogP contribution in [0.5, 0.6) is 0 Å². The number of methoxy groups -OCH3 is 1.